The van der Waals surface area contributed by atoms with Crippen molar-refractivity contribution in [3.63, 3.8) is 0 Å². The molecular formula is C14H20N4O2. The summed E-state index contributed by atoms with van der Waals surface area (Å²) < 4.78 is 7.49. The van der Waals surface area contributed by atoms with Gasteiger partial charge in [0.15, 0.2) is 5.65 Å². The summed E-state index contributed by atoms with van der Waals surface area (Å²) in [5, 5.41) is 13.1. The zero-order valence-corrected chi connectivity index (χ0v) is 11.7. The Bertz CT molecular complexity index is 576. The van der Waals surface area contributed by atoms with Crippen LogP contribution in [0.4, 0.5) is 5.82 Å². The third kappa shape index (κ3) is 2.62. The number of fused-ring (bicyclic) bond motifs is 1. The van der Waals surface area contributed by atoms with Crippen molar-refractivity contribution in [3.8, 4) is 0 Å². The van der Waals surface area contributed by atoms with Gasteiger partial charge in [-0.2, -0.15) is 9.61 Å². The number of aliphatic hydroxyl groups is 1. The molecule has 0 unspecified atom stereocenters. The summed E-state index contributed by atoms with van der Waals surface area (Å²) in [5.74, 6) is 1.10. The fourth-order valence-corrected chi connectivity index (χ4v) is 2.73. The van der Waals surface area contributed by atoms with E-state index >= 15 is 0 Å². The predicted molar refractivity (Wildman–Crippen MR) is 76.0 cm³/mol. The molecule has 0 atom stereocenters. The van der Waals surface area contributed by atoms with Crippen LogP contribution in [0.25, 0.3) is 5.65 Å². The molecule has 1 fully saturated rings. The number of piperidine rings is 1. The van der Waals surface area contributed by atoms with E-state index in [1.165, 1.54) is 5.56 Å². The first kappa shape index (κ1) is 13.3. The minimum absolute atomic E-state index is 0.0949. The number of hydrogen-bond acceptors (Lipinski definition) is 5. The average Bonchev–Trinajstić information content (AvgIpc) is 2.93. The minimum Gasteiger partial charge on any atom is -0.394 e. The summed E-state index contributed by atoms with van der Waals surface area (Å²) in [6, 6.07) is 4.18. The fraction of sp³-hybridized carbons (Fsp3) is 0.571. The number of nitrogens with zero attached hydrogens (tertiary/aromatic N) is 4. The lowest BCUT2D eigenvalue weighted by atomic mass is 10.1. The van der Waals surface area contributed by atoms with Crippen LogP contribution in [0.3, 0.4) is 0 Å². The number of aryl methyl sites for hydroxylation is 1. The highest BCUT2D eigenvalue weighted by Crippen LogP contribution is 2.23. The topological polar surface area (TPSA) is 62.9 Å². The van der Waals surface area contributed by atoms with Crippen LogP contribution in [0.1, 0.15) is 18.4 Å². The van der Waals surface area contributed by atoms with Gasteiger partial charge in [-0.25, -0.2) is 4.98 Å². The Morgan fingerprint density at radius 2 is 2.15 bits per heavy atom. The van der Waals surface area contributed by atoms with Gasteiger partial charge in [-0.3, -0.25) is 0 Å². The number of hydrogen-bond donors (Lipinski definition) is 1. The van der Waals surface area contributed by atoms with Crippen molar-refractivity contribution in [3.05, 3.63) is 24.0 Å². The molecule has 0 aliphatic carbocycles. The summed E-state index contributed by atoms with van der Waals surface area (Å²) in [6.07, 6.45) is 3.80. The number of pyridine rings is 1. The van der Waals surface area contributed by atoms with Crippen LogP contribution in [-0.2, 0) is 4.74 Å². The first-order chi connectivity index (χ1) is 9.78. The molecule has 1 aliphatic heterocycles. The fourth-order valence-electron chi connectivity index (χ4n) is 2.73. The molecule has 1 N–H and O–H groups in total. The van der Waals surface area contributed by atoms with Crippen LogP contribution in [0, 0.1) is 6.92 Å². The summed E-state index contributed by atoms with van der Waals surface area (Å²) in [4.78, 5) is 6.59. The normalized spacial score (nSPS) is 17.0. The second kappa shape index (κ2) is 5.76. The molecule has 108 valence electrons. The summed E-state index contributed by atoms with van der Waals surface area (Å²) in [7, 11) is 0. The minimum atomic E-state index is 0.0949. The van der Waals surface area contributed by atoms with Gasteiger partial charge in [0, 0.05) is 13.1 Å². The monoisotopic (exact) mass is 276 g/mol. The first-order valence-electron chi connectivity index (χ1n) is 7.06. The van der Waals surface area contributed by atoms with E-state index < -0.39 is 0 Å². The van der Waals surface area contributed by atoms with E-state index in [-0.39, 0.29) is 12.7 Å². The van der Waals surface area contributed by atoms with Crippen molar-refractivity contribution < 1.29 is 9.84 Å². The highest BCUT2D eigenvalue weighted by Gasteiger charge is 2.21. The molecular weight excluding hydrogens is 256 g/mol. The lowest BCUT2D eigenvalue weighted by Crippen LogP contribution is -2.38. The highest BCUT2D eigenvalue weighted by atomic mass is 16.5. The molecule has 2 aromatic rings. The summed E-state index contributed by atoms with van der Waals surface area (Å²) in [6.45, 7) is 4.48. The van der Waals surface area contributed by atoms with Crippen LogP contribution in [0.15, 0.2) is 18.5 Å². The van der Waals surface area contributed by atoms with Crippen LogP contribution in [-0.4, -0.2) is 52.1 Å². The molecule has 1 saturated heterocycles. The maximum absolute atomic E-state index is 8.80. The van der Waals surface area contributed by atoms with Gasteiger partial charge in [-0.1, -0.05) is 0 Å². The van der Waals surface area contributed by atoms with Crippen molar-refractivity contribution in [2.75, 3.05) is 31.2 Å². The van der Waals surface area contributed by atoms with E-state index in [0.717, 1.165) is 37.4 Å². The standard InChI is InChI=1S/C14H20N4O2/c1-11-8-13-15-10-16-18(13)14(9-11)17-4-2-12(3-5-17)20-7-6-19/h8-10,12,19H,2-7H2,1H3. The third-order valence-electron chi connectivity index (χ3n) is 3.72. The molecule has 3 heterocycles. The molecule has 3 rings (SSSR count). The van der Waals surface area contributed by atoms with E-state index in [9.17, 15) is 0 Å². The number of aliphatic hydroxyl groups excluding tert-OH is 1. The van der Waals surface area contributed by atoms with E-state index in [1.54, 1.807) is 6.33 Å². The first-order valence-corrected chi connectivity index (χ1v) is 7.06. The SMILES string of the molecule is Cc1cc(N2CCC(OCCO)CC2)n2ncnc2c1. The zero-order chi connectivity index (χ0) is 13.9. The maximum Gasteiger partial charge on any atom is 0.157 e. The lowest BCUT2D eigenvalue weighted by molar-refractivity contribution is 0.0158. The Morgan fingerprint density at radius 1 is 1.35 bits per heavy atom. The molecule has 2 aromatic heterocycles. The van der Waals surface area contributed by atoms with Crippen molar-refractivity contribution >= 4 is 11.5 Å². The molecule has 0 bridgehead atoms. The molecule has 0 spiro atoms. The Hall–Kier alpha value is -1.66. The van der Waals surface area contributed by atoms with Crippen LogP contribution in [0.2, 0.25) is 0 Å². The Labute approximate surface area is 118 Å². The van der Waals surface area contributed by atoms with Crippen molar-refractivity contribution in [2.45, 2.75) is 25.9 Å². The number of ether oxygens (including phenoxy) is 1. The summed E-state index contributed by atoms with van der Waals surface area (Å²) in [5.41, 5.74) is 2.08. The molecule has 0 saturated carbocycles. The van der Waals surface area contributed by atoms with Gasteiger partial charge in [0.1, 0.15) is 12.1 Å². The molecule has 1 aliphatic rings. The predicted octanol–water partition coefficient (Wildman–Crippen LogP) is 1.02. The molecule has 0 aromatic carbocycles. The molecule has 0 amide bonds. The Morgan fingerprint density at radius 3 is 2.90 bits per heavy atom. The zero-order valence-electron chi connectivity index (χ0n) is 11.7. The van der Waals surface area contributed by atoms with Crippen molar-refractivity contribution in [1.29, 1.82) is 0 Å². The number of aromatic nitrogens is 3. The van der Waals surface area contributed by atoms with Gasteiger partial charge in [0.25, 0.3) is 0 Å². The maximum atomic E-state index is 8.80. The molecule has 20 heavy (non-hydrogen) atoms. The van der Waals surface area contributed by atoms with Crippen molar-refractivity contribution in [1.82, 2.24) is 14.6 Å². The van der Waals surface area contributed by atoms with E-state index in [4.69, 9.17) is 9.84 Å². The summed E-state index contributed by atoms with van der Waals surface area (Å²) >= 11 is 0. The second-order valence-electron chi connectivity index (χ2n) is 5.20. The van der Waals surface area contributed by atoms with Gasteiger partial charge < -0.3 is 14.7 Å². The lowest BCUT2D eigenvalue weighted by Gasteiger charge is -2.33. The third-order valence-corrected chi connectivity index (χ3v) is 3.72. The molecule has 0 radical (unpaired) electrons. The van der Waals surface area contributed by atoms with Gasteiger partial charge in [-0.15, -0.1) is 0 Å². The number of rotatable bonds is 4. The van der Waals surface area contributed by atoms with Gasteiger partial charge in [0.05, 0.1) is 19.3 Å². The van der Waals surface area contributed by atoms with Crippen molar-refractivity contribution in [2.24, 2.45) is 0 Å². The number of anilines is 1. The molecule has 6 nitrogen and oxygen atoms in total. The molecule has 6 heteroatoms. The van der Waals surface area contributed by atoms with E-state index in [1.807, 2.05) is 10.6 Å². The van der Waals surface area contributed by atoms with Crippen LogP contribution in [0.5, 0.6) is 0 Å². The van der Waals surface area contributed by atoms with E-state index in [0.29, 0.717) is 6.61 Å². The van der Waals surface area contributed by atoms with E-state index in [2.05, 4.69) is 28.0 Å². The Balaban J connectivity index is 1.75. The smallest absolute Gasteiger partial charge is 0.157 e. The largest absolute Gasteiger partial charge is 0.394 e. The quantitative estimate of drug-likeness (QED) is 0.903. The van der Waals surface area contributed by atoms with Gasteiger partial charge >= 0.3 is 0 Å². The van der Waals surface area contributed by atoms with Gasteiger partial charge in [0.2, 0.25) is 0 Å². The highest BCUT2D eigenvalue weighted by molar-refractivity contribution is 5.53. The Kier molecular flexibility index (Phi) is 3.84. The van der Waals surface area contributed by atoms with Crippen LogP contribution >= 0.6 is 0 Å². The van der Waals surface area contributed by atoms with Gasteiger partial charge in [-0.05, 0) is 37.5 Å². The second-order valence-corrected chi connectivity index (χ2v) is 5.20. The van der Waals surface area contributed by atoms with Crippen LogP contribution < -0.4 is 4.90 Å². The average molecular weight is 276 g/mol.